The fraction of sp³-hybridized carbons (Fsp3) is 0.300. The highest BCUT2D eigenvalue weighted by atomic mass is 35.5. The van der Waals surface area contributed by atoms with Crippen molar-refractivity contribution in [2.24, 2.45) is 0 Å². The number of nitrogens with one attached hydrogen (secondary N) is 1. The van der Waals surface area contributed by atoms with Crippen molar-refractivity contribution < 1.29 is 14.3 Å². The fourth-order valence-electron chi connectivity index (χ4n) is 2.97. The van der Waals surface area contributed by atoms with Crippen LogP contribution in [0.2, 0.25) is 5.02 Å². The van der Waals surface area contributed by atoms with E-state index in [9.17, 15) is 9.59 Å². The van der Waals surface area contributed by atoms with E-state index < -0.39 is 0 Å². The Kier molecular flexibility index (Phi) is 6.12. The van der Waals surface area contributed by atoms with E-state index in [1.54, 1.807) is 29.2 Å². The van der Waals surface area contributed by atoms with Crippen LogP contribution in [0.4, 0.5) is 0 Å². The van der Waals surface area contributed by atoms with Gasteiger partial charge in [0.25, 0.3) is 11.8 Å². The molecule has 136 valence electrons. The largest absolute Gasteiger partial charge is 0.484 e. The van der Waals surface area contributed by atoms with Gasteiger partial charge < -0.3 is 15.0 Å². The van der Waals surface area contributed by atoms with Gasteiger partial charge in [-0.2, -0.15) is 0 Å². The molecule has 5 nitrogen and oxygen atoms in total. The predicted molar refractivity (Wildman–Crippen MR) is 100 cm³/mol. The molecule has 3 rings (SSSR count). The summed E-state index contributed by atoms with van der Waals surface area (Å²) in [5.41, 5.74) is 0.594. The molecule has 1 saturated heterocycles. The highest BCUT2D eigenvalue weighted by molar-refractivity contribution is 6.30. The second kappa shape index (κ2) is 8.72. The summed E-state index contributed by atoms with van der Waals surface area (Å²) in [6.45, 7) is 1.21. The van der Waals surface area contributed by atoms with E-state index in [1.165, 1.54) is 0 Å². The zero-order valence-electron chi connectivity index (χ0n) is 14.4. The number of halogens is 1. The molecule has 0 aliphatic carbocycles. The van der Waals surface area contributed by atoms with Gasteiger partial charge in [0.2, 0.25) is 0 Å². The molecule has 1 N–H and O–H groups in total. The van der Waals surface area contributed by atoms with Crippen LogP contribution in [0, 0.1) is 0 Å². The lowest BCUT2D eigenvalue weighted by Crippen LogP contribution is -2.47. The van der Waals surface area contributed by atoms with Crippen molar-refractivity contribution in [3.63, 3.8) is 0 Å². The number of carbonyl (C=O) groups is 2. The Hall–Kier alpha value is -2.53. The molecule has 2 aromatic carbocycles. The minimum Gasteiger partial charge on any atom is -0.484 e. The van der Waals surface area contributed by atoms with Crippen LogP contribution in [0.25, 0.3) is 0 Å². The molecule has 0 bridgehead atoms. The van der Waals surface area contributed by atoms with Gasteiger partial charge in [-0.25, -0.2) is 0 Å². The Labute approximate surface area is 157 Å². The maximum Gasteiger partial charge on any atom is 0.258 e. The Morgan fingerprint density at radius 2 is 1.81 bits per heavy atom. The summed E-state index contributed by atoms with van der Waals surface area (Å²) in [6.07, 6.45) is 1.45. The molecule has 1 fully saturated rings. The summed E-state index contributed by atoms with van der Waals surface area (Å²) in [5.74, 6) is 0.503. The minimum absolute atomic E-state index is 0.00826. The first-order valence-electron chi connectivity index (χ1n) is 8.64. The van der Waals surface area contributed by atoms with Gasteiger partial charge in [-0.3, -0.25) is 9.59 Å². The molecular formula is C20H21ClN2O3. The van der Waals surface area contributed by atoms with Crippen LogP contribution in [0.1, 0.15) is 23.2 Å². The van der Waals surface area contributed by atoms with Gasteiger partial charge in [0.05, 0.1) is 0 Å². The molecule has 0 atom stereocenters. The monoisotopic (exact) mass is 372 g/mol. The third-order valence-corrected chi connectivity index (χ3v) is 4.57. The van der Waals surface area contributed by atoms with E-state index in [4.69, 9.17) is 16.3 Å². The molecule has 2 aromatic rings. The lowest BCUT2D eigenvalue weighted by atomic mass is 10.0. The number of nitrogens with zero attached hydrogens (tertiary/aromatic N) is 1. The van der Waals surface area contributed by atoms with Crippen LogP contribution in [0.15, 0.2) is 54.6 Å². The molecule has 0 unspecified atom stereocenters. The van der Waals surface area contributed by atoms with Crippen LogP contribution < -0.4 is 10.1 Å². The normalized spacial score (nSPS) is 14.7. The van der Waals surface area contributed by atoms with E-state index in [1.807, 2.05) is 30.3 Å². The Bertz CT molecular complexity index is 759. The number of hydrogen-bond donors (Lipinski definition) is 1. The lowest BCUT2D eigenvalue weighted by Gasteiger charge is -2.32. The topological polar surface area (TPSA) is 58.6 Å². The number of ether oxygens (including phenoxy) is 1. The van der Waals surface area contributed by atoms with Gasteiger partial charge in [-0.15, -0.1) is 0 Å². The van der Waals surface area contributed by atoms with Crippen molar-refractivity contribution in [3.05, 3.63) is 65.2 Å². The van der Waals surface area contributed by atoms with E-state index in [2.05, 4.69) is 5.32 Å². The van der Waals surface area contributed by atoms with Crippen molar-refractivity contribution in [1.29, 1.82) is 0 Å². The smallest absolute Gasteiger partial charge is 0.258 e. The number of rotatable bonds is 5. The van der Waals surface area contributed by atoms with Gasteiger partial charge in [-0.1, -0.05) is 35.9 Å². The summed E-state index contributed by atoms with van der Waals surface area (Å²) in [5, 5.41) is 3.53. The van der Waals surface area contributed by atoms with Gasteiger partial charge in [0.1, 0.15) is 5.75 Å². The molecule has 0 aromatic heterocycles. The number of amides is 2. The average molecular weight is 373 g/mol. The average Bonchev–Trinajstić information content (AvgIpc) is 2.67. The third-order valence-electron chi connectivity index (χ3n) is 4.33. The molecule has 1 aliphatic heterocycles. The van der Waals surface area contributed by atoms with Crippen molar-refractivity contribution in [1.82, 2.24) is 10.2 Å². The first kappa shape index (κ1) is 18.3. The predicted octanol–water partition coefficient (Wildman–Crippen LogP) is 3.14. The number of hydrogen-bond acceptors (Lipinski definition) is 3. The number of likely N-dealkylation sites (tertiary alicyclic amines) is 1. The summed E-state index contributed by atoms with van der Waals surface area (Å²) >= 11 is 5.95. The second-order valence-corrected chi connectivity index (χ2v) is 6.68. The lowest BCUT2D eigenvalue weighted by molar-refractivity contribution is -0.124. The van der Waals surface area contributed by atoms with Crippen LogP contribution in [0.3, 0.4) is 0 Å². The van der Waals surface area contributed by atoms with E-state index in [0.717, 1.165) is 12.8 Å². The summed E-state index contributed by atoms with van der Waals surface area (Å²) in [4.78, 5) is 26.3. The molecule has 0 saturated carbocycles. The van der Waals surface area contributed by atoms with Crippen molar-refractivity contribution >= 4 is 23.4 Å². The first-order chi connectivity index (χ1) is 12.6. The minimum atomic E-state index is -0.145. The Balaban J connectivity index is 1.43. The summed E-state index contributed by atoms with van der Waals surface area (Å²) in [7, 11) is 0. The molecule has 6 heteroatoms. The molecule has 26 heavy (non-hydrogen) atoms. The Morgan fingerprint density at radius 3 is 2.50 bits per heavy atom. The van der Waals surface area contributed by atoms with Gasteiger partial charge in [0, 0.05) is 29.7 Å². The summed E-state index contributed by atoms with van der Waals surface area (Å²) < 4.78 is 5.45. The molecule has 0 radical (unpaired) electrons. The molecule has 1 aliphatic rings. The van der Waals surface area contributed by atoms with Crippen molar-refractivity contribution in [3.8, 4) is 5.75 Å². The molecule has 2 amide bonds. The maximum atomic E-state index is 12.5. The van der Waals surface area contributed by atoms with Crippen molar-refractivity contribution in [2.45, 2.75) is 18.9 Å². The van der Waals surface area contributed by atoms with E-state index in [0.29, 0.717) is 29.4 Å². The first-order valence-corrected chi connectivity index (χ1v) is 9.01. The van der Waals surface area contributed by atoms with Crippen LogP contribution in [-0.2, 0) is 4.79 Å². The number of carbonyl (C=O) groups excluding carboxylic acids is 2. The second-order valence-electron chi connectivity index (χ2n) is 6.25. The van der Waals surface area contributed by atoms with Gasteiger partial charge in [0.15, 0.2) is 6.61 Å². The molecule has 0 spiro atoms. The highest BCUT2D eigenvalue weighted by Crippen LogP contribution is 2.17. The SMILES string of the molecule is O=C(COc1ccccc1)NC1CCN(C(=O)c2cccc(Cl)c2)CC1. The maximum absolute atomic E-state index is 12.5. The van der Waals surface area contributed by atoms with Crippen LogP contribution in [-0.4, -0.2) is 42.5 Å². The van der Waals surface area contributed by atoms with E-state index in [-0.39, 0.29) is 24.5 Å². The fourth-order valence-corrected chi connectivity index (χ4v) is 3.16. The zero-order valence-corrected chi connectivity index (χ0v) is 15.1. The Morgan fingerprint density at radius 1 is 1.08 bits per heavy atom. The standard InChI is InChI=1S/C20H21ClN2O3/c21-16-6-4-5-15(13-16)20(25)23-11-9-17(10-12-23)22-19(24)14-26-18-7-2-1-3-8-18/h1-8,13,17H,9-12,14H2,(H,22,24). The summed E-state index contributed by atoms with van der Waals surface area (Å²) in [6, 6.07) is 16.3. The molecule has 1 heterocycles. The van der Waals surface area contributed by atoms with Gasteiger partial charge >= 0.3 is 0 Å². The number of para-hydroxylation sites is 1. The zero-order chi connectivity index (χ0) is 18.4. The number of benzene rings is 2. The highest BCUT2D eigenvalue weighted by Gasteiger charge is 2.24. The molecular weight excluding hydrogens is 352 g/mol. The van der Waals surface area contributed by atoms with Crippen LogP contribution >= 0.6 is 11.6 Å². The van der Waals surface area contributed by atoms with Crippen molar-refractivity contribution in [2.75, 3.05) is 19.7 Å². The van der Waals surface area contributed by atoms with Crippen LogP contribution in [0.5, 0.6) is 5.75 Å². The number of piperidine rings is 1. The van der Waals surface area contributed by atoms with Gasteiger partial charge in [-0.05, 0) is 43.2 Å². The third kappa shape index (κ3) is 4.99. The quantitative estimate of drug-likeness (QED) is 0.877. The van der Waals surface area contributed by atoms with E-state index >= 15 is 0 Å².